The van der Waals surface area contributed by atoms with Crippen LogP contribution in [0, 0.1) is 5.41 Å². The first-order valence-corrected chi connectivity index (χ1v) is 8.24. The van der Waals surface area contributed by atoms with Gasteiger partial charge in [0.1, 0.15) is 0 Å². The second-order valence-electron chi connectivity index (χ2n) is 5.57. The first-order valence-electron chi connectivity index (χ1n) is 7.12. The fraction of sp³-hybridized carbons (Fsp3) is 0.562. The number of amides is 1. The zero-order chi connectivity index (χ0) is 13.7. The molecule has 3 heteroatoms. The predicted octanol–water partition coefficient (Wildman–Crippen LogP) is 4.28. The number of nitrogens with one attached hydrogen (secondary N) is 1. The van der Waals surface area contributed by atoms with Crippen LogP contribution in [0.4, 0.5) is 0 Å². The lowest BCUT2D eigenvalue weighted by Crippen LogP contribution is -2.35. The van der Waals surface area contributed by atoms with Crippen LogP contribution < -0.4 is 5.32 Å². The Kier molecular flexibility index (Phi) is 5.03. The molecule has 0 unspecified atom stereocenters. The molecule has 0 saturated heterocycles. The van der Waals surface area contributed by atoms with E-state index in [2.05, 4.69) is 28.2 Å². The van der Waals surface area contributed by atoms with Crippen LogP contribution in [0.3, 0.4) is 0 Å². The average Bonchev–Trinajstić information content (AvgIpc) is 2.94. The summed E-state index contributed by atoms with van der Waals surface area (Å²) in [6.45, 7) is 3.06. The van der Waals surface area contributed by atoms with E-state index in [1.807, 2.05) is 24.3 Å². The van der Waals surface area contributed by atoms with Crippen LogP contribution in [0.15, 0.2) is 24.3 Å². The molecule has 1 aromatic carbocycles. The summed E-state index contributed by atoms with van der Waals surface area (Å²) < 4.78 is 0. The van der Waals surface area contributed by atoms with Gasteiger partial charge >= 0.3 is 0 Å². The van der Waals surface area contributed by atoms with E-state index in [0.29, 0.717) is 5.41 Å². The van der Waals surface area contributed by atoms with E-state index in [1.165, 1.54) is 31.2 Å². The van der Waals surface area contributed by atoms with E-state index in [9.17, 15) is 4.79 Å². The Morgan fingerprint density at radius 1 is 1.26 bits per heavy atom. The van der Waals surface area contributed by atoms with Gasteiger partial charge in [0.05, 0.1) is 0 Å². The maximum Gasteiger partial charge on any atom is 0.251 e. The monoisotopic (exact) mass is 323 g/mol. The molecule has 1 aliphatic carbocycles. The molecule has 0 atom stereocenters. The molecule has 2 nitrogen and oxygen atoms in total. The number of hydrogen-bond acceptors (Lipinski definition) is 1. The van der Waals surface area contributed by atoms with Gasteiger partial charge in [0.15, 0.2) is 0 Å². The lowest BCUT2D eigenvalue weighted by molar-refractivity contribution is 0.0929. The summed E-state index contributed by atoms with van der Waals surface area (Å²) in [6.07, 6.45) is 6.29. The van der Waals surface area contributed by atoms with Crippen molar-refractivity contribution >= 4 is 21.8 Å². The van der Waals surface area contributed by atoms with Gasteiger partial charge in [-0.05, 0) is 42.4 Å². The van der Waals surface area contributed by atoms with Gasteiger partial charge in [-0.3, -0.25) is 4.79 Å². The minimum atomic E-state index is 0.0563. The molecule has 104 valence electrons. The zero-order valence-corrected chi connectivity index (χ0v) is 13.1. The molecule has 1 aromatic rings. The zero-order valence-electron chi connectivity index (χ0n) is 11.5. The first-order chi connectivity index (χ1) is 9.19. The summed E-state index contributed by atoms with van der Waals surface area (Å²) in [5.74, 6) is 0.0563. The van der Waals surface area contributed by atoms with Crippen molar-refractivity contribution in [3.8, 4) is 0 Å². The van der Waals surface area contributed by atoms with E-state index in [-0.39, 0.29) is 5.91 Å². The van der Waals surface area contributed by atoms with Crippen LogP contribution in [-0.4, -0.2) is 12.5 Å². The third-order valence-electron chi connectivity index (χ3n) is 4.41. The average molecular weight is 324 g/mol. The molecule has 2 rings (SSSR count). The highest BCUT2D eigenvalue weighted by molar-refractivity contribution is 9.08. The number of halogens is 1. The van der Waals surface area contributed by atoms with Gasteiger partial charge in [-0.25, -0.2) is 0 Å². The predicted molar refractivity (Wildman–Crippen MR) is 82.6 cm³/mol. The van der Waals surface area contributed by atoms with Gasteiger partial charge in [-0.1, -0.05) is 47.8 Å². The normalized spacial score (nSPS) is 17.4. The highest BCUT2D eigenvalue weighted by atomic mass is 79.9. The van der Waals surface area contributed by atoms with Gasteiger partial charge in [0.25, 0.3) is 5.91 Å². The van der Waals surface area contributed by atoms with Crippen molar-refractivity contribution in [3.63, 3.8) is 0 Å². The second kappa shape index (κ2) is 6.56. The Morgan fingerprint density at radius 3 is 2.42 bits per heavy atom. The Balaban J connectivity index is 1.93. The number of benzene rings is 1. The van der Waals surface area contributed by atoms with Crippen LogP contribution in [0.5, 0.6) is 0 Å². The summed E-state index contributed by atoms with van der Waals surface area (Å²) in [5, 5.41) is 3.95. The van der Waals surface area contributed by atoms with E-state index in [0.717, 1.165) is 23.9 Å². The molecule has 0 heterocycles. The Hall–Kier alpha value is -0.830. The largest absolute Gasteiger partial charge is 0.351 e. The van der Waals surface area contributed by atoms with Crippen LogP contribution in [0.1, 0.15) is 54.9 Å². The van der Waals surface area contributed by atoms with Crippen LogP contribution in [-0.2, 0) is 5.33 Å². The first kappa shape index (κ1) is 14.6. The van der Waals surface area contributed by atoms with Crippen LogP contribution >= 0.6 is 15.9 Å². The summed E-state index contributed by atoms with van der Waals surface area (Å²) in [4.78, 5) is 12.1. The minimum Gasteiger partial charge on any atom is -0.351 e. The molecule has 1 aliphatic rings. The van der Waals surface area contributed by atoms with E-state index in [4.69, 9.17) is 0 Å². The van der Waals surface area contributed by atoms with Crippen molar-refractivity contribution < 1.29 is 4.79 Å². The molecule has 0 aromatic heterocycles. The van der Waals surface area contributed by atoms with E-state index in [1.54, 1.807) is 0 Å². The highest BCUT2D eigenvalue weighted by Crippen LogP contribution is 2.40. The number of alkyl halides is 1. The second-order valence-corrected chi connectivity index (χ2v) is 6.13. The number of carbonyl (C=O) groups is 1. The van der Waals surface area contributed by atoms with Gasteiger partial charge in [0, 0.05) is 17.4 Å². The molecule has 1 N–H and O–H groups in total. The van der Waals surface area contributed by atoms with Gasteiger partial charge in [-0.2, -0.15) is 0 Å². The van der Waals surface area contributed by atoms with E-state index >= 15 is 0 Å². The van der Waals surface area contributed by atoms with Crippen molar-refractivity contribution in [2.75, 3.05) is 6.54 Å². The topological polar surface area (TPSA) is 29.1 Å². The molecule has 0 radical (unpaired) electrons. The molecule has 1 fully saturated rings. The van der Waals surface area contributed by atoms with Crippen molar-refractivity contribution in [1.29, 1.82) is 0 Å². The SMILES string of the molecule is CCC1(CNC(=O)c2ccc(CBr)cc2)CCCC1. The molecule has 19 heavy (non-hydrogen) atoms. The quantitative estimate of drug-likeness (QED) is 0.805. The number of rotatable bonds is 5. The lowest BCUT2D eigenvalue weighted by Gasteiger charge is -2.27. The molecule has 0 aliphatic heterocycles. The van der Waals surface area contributed by atoms with Gasteiger partial charge < -0.3 is 5.32 Å². The molecule has 0 spiro atoms. The summed E-state index contributed by atoms with van der Waals surface area (Å²) in [6, 6.07) is 7.79. The molecule has 1 saturated carbocycles. The van der Waals surface area contributed by atoms with E-state index < -0.39 is 0 Å². The Labute approximate surface area is 124 Å². The summed E-state index contributed by atoms with van der Waals surface area (Å²) in [5.41, 5.74) is 2.30. The molecule has 1 amide bonds. The molecular weight excluding hydrogens is 302 g/mol. The third-order valence-corrected chi connectivity index (χ3v) is 5.06. The van der Waals surface area contributed by atoms with Gasteiger partial charge in [-0.15, -0.1) is 0 Å². The smallest absolute Gasteiger partial charge is 0.251 e. The fourth-order valence-electron chi connectivity index (χ4n) is 2.90. The summed E-state index contributed by atoms with van der Waals surface area (Å²) in [7, 11) is 0. The summed E-state index contributed by atoms with van der Waals surface area (Å²) >= 11 is 3.41. The number of hydrogen-bond donors (Lipinski definition) is 1. The highest BCUT2D eigenvalue weighted by Gasteiger charge is 2.32. The van der Waals surface area contributed by atoms with Crippen molar-refractivity contribution in [3.05, 3.63) is 35.4 Å². The van der Waals surface area contributed by atoms with Gasteiger partial charge in [0.2, 0.25) is 0 Å². The minimum absolute atomic E-state index is 0.0563. The van der Waals surface area contributed by atoms with Crippen molar-refractivity contribution in [2.45, 2.75) is 44.4 Å². The maximum atomic E-state index is 12.1. The Morgan fingerprint density at radius 2 is 1.89 bits per heavy atom. The number of carbonyl (C=O) groups excluding carboxylic acids is 1. The molecule has 0 bridgehead atoms. The van der Waals surface area contributed by atoms with Crippen LogP contribution in [0.25, 0.3) is 0 Å². The fourth-order valence-corrected chi connectivity index (χ4v) is 3.27. The Bertz CT molecular complexity index is 421. The molecular formula is C16H22BrNO. The maximum absolute atomic E-state index is 12.1. The van der Waals surface area contributed by atoms with Crippen molar-refractivity contribution in [1.82, 2.24) is 5.32 Å². The van der Waals surface area contributed by atoms with Crippen LogP contribution in [0.2, 0.25) is 0 Å². The van der Waals surface area contributed by atoms with Crippen molar-refractivity contribution in [2.24, 2.45) is 5.41 Å². The third kappa shape index (κ3) is 3.59. The standard InChI is InChI=1S/C16H22BrNO/c1-2-16(9-3-4-10-16)12-18-15(19)14-7-5-13(11-17)6-8-14/h5-8H,2-4,9-12H2,1H3,(H,18,19). The lowest BCUT2D eigenvalue weighted by atomic mass is 9.83.